The fourth-order valence-electron chi connectivity index (χ4n) is 3.11. The van der Waals surface area contributed by atoms with E-state index >= 15 is 0 Å². The minimum Gasteiger partial charge on any atom is -0.480 e. The summed E-state index contributed by atoms with van der Waals surface area (Å²) in [5, 5.41) is 13.2. The van der Waals surface area contributed by atoms with Crippen LogP contribution < -0.4 is 11.2 Å². The van der Waals surface area contributed by atoms with Crippen LogP contribution in [-0.4, -0.2) is 48.8 Å². The van der Waals surface area contributed by atoms with E-state index in [0.717, 1.165) is 31.6 Å². The van der Waals surface area contributed by atoms with Crippen molar-refractivity contribution in [3.05, 3.63) is 50.6 Å². The maximum Gasteiger partial charge on any atom is 0.325 e. The van der Waals surface area contributed by atoms with E-state index in [0.29, 0.717) is 12.2 Å². The summed E-state index contributed by atoms with van der Waals surface area (Å²) in [4.78, 5) is 40.4. The van der Waals surface area contributed by atoms with Gasteiger partial charge in [0.25, 0.3) is 5.56 Å². The molecule has 9 nitrogen and oxygen atoms in total. The highest BCUT2D eigenvalue weighted by Gasteiger charge is 2.23. The monoisotopic (exact) mass is 333 g/mol. The van der Waals surface area contributed by atoms with Crippen LogP contribution in [0.3, 0.4) is 0 Å². The van der Waals surface area contributed by atoms with Gasteiger partial charge in [0.15, 0.2) is 0 Å². The van der Waals surface area contributed by atoms with Crippen LogP contribution >= 0.6 is 0 Å². The predicted octanol–water partition coefficient (Wildman–Crippen LogP) is -0.276. The molecule has 1 atom stereocenters. The molecule has 9 heteroatoms. The van der Waals surface area contributed by atoms with Gasteiger partial charge in [-0.3, -0.25) is 24.2 Å². The largest absolute Gasteiger partial charge is 0.480 e. The molecule has 128 valence electrons. The first-order valence-corrected chi connectivity index (χ1v) is 7.79. The normalized spacial score (nSPS) is 18.6. The van der Waals surface area contributed by atoms with Crippen molar-refractivity contribution in [2.45, 2.75) is 31.8 Å². The lowest BCUT2D eigenvalue weighted by molar-refractivity contribution is -0.137. The summed E-state index contributed by atoms with van der Waals surface area (Å²) in [5.41, 5.74) is 0.550. The van der Waals surface area contributed by atoms with E-state index < -0.39 is 17.2 Å². The van der Waals surface area contributed by atoms with Crippen molar-refractivity contribution in [2.75, 3.05) is 13.1 Å². The number of carbonyl (C=O) groups is 1. The molecule has 1 aliphatic heterocycles. The van der Waals surface area contributed by atoms with Crippen LogP contribution in [-0.2, 0) is 17.9 Å². The molecule has 3 N–H and O–H groups in total. The molecule has 1 aliphatic rings. The first-order valence-electron chi connectivity index (χ1n) is 7.79. The van der Waals surface area contributed by atoms with Gasteiger partial charge in [-0.1, -0.05) is 0 Å². The maximum absolute atomic E-state index is 11.4. The summed E-state index contributed by atoms with van der Waals surface area (Å²) in [6.07, 6.45) is 3.63. The highest BCUT2D eigenvalue weighted by atomic mass is 16.4. The van der Waals surface area contributed by atoms with Crippen molar-refractivity contribution < 1.29 is 9.90 Å². The molecule has 2 aromatic heterocycles. The van der Waals surface area contributed by atoms with E-state index in [1.165, 1.54) is 10.7 Å². The quantitative estimate of drug-likeness (QED) is 0.691. The molecule has 0 radical (unpaired) electrons. The van der Waals surface area contributed by atoms with E-state index in [1.807, 2.05) is 6.07 Å². The summed E-state index contributed by atoms with van der Waals surface area (Å²) in [6.45, 7) is 1.97. The number of piperidine rings is 1. The molecule has 0 aliphatic carbocycles. The average Bonchev–Trinajstić information content (AvgIpc) is 2.94. The lowest BCUT2D eigenvalue weighted by Crippen LogP contribution is -2.35. The molecular weight excluding hydrogens is 314 g/mol. The van der Waals surface area contributed by atoms with E-state index in [2.05, 4.69) is 20.0 Å². The van der Waals surface area contributed by atoms with Crippen LogP contribution in [0, 0.1) is 0 Å². The molecule has 1 fully saturated rings. The topological polar surface area (TPSA) is 124 Å². The summed E-state index contributed by atoms with van der Waals surface area (Å²) in [7, 11) is 0. The zero-order valence-corrected chi connectivity index (χ0v) is 13.1. The standard InChI is InChI=1S/C15H19N5O4/c21-13-6-11(16-15(24)17-13)8-19-4-1-2-10(7-19)12-3-5-20(18-12)9-14(22)23/h3,5-6,10H,1-2,4,7-9H2,(H,22,23)(H2,16,17,21,24)/t10-/m1/s1. The average molecular weight is 333 g/mol. The van der Waals surface area contributed by atoms with Crippen LogP contribution in [0.1, 0.15) is 30.1 Å². The van der Waals surface area contributed by atoms with Crippen LogP contribution in [0.5, 0.6) is 0 Å². The Bertz CT molecular complexity index is 808. The smallest absolute Gasteiger partial charge is 0.325 e. The van der Waals surface area contributed by atoms with Crippen molar-refractivity contribution in [2.24, 2.45) is 0 Å². The fraction of sp³-hybridized carbons (Fsp3) is 0.467. The third-order valence-corrected chi connectivity index (χ3v) is 4.09. The second-order valence-electron chi connectivity index (χ2n) is 6.02. The first-order chi connectivity index (χ1) is 11.5. The molecule has 0 spiro atoms. The molecule has 0 amide bonds. The number of H-pyrrole nitrogens is 2. The molecule has 3 heterocycles. The number of rotatable bonds is 5. The zero-order chi connectivity index (χ0) is 17.1. The van der Waals surface area contributed by atoms with Crippen molar-refractivity contribution >= 4 is 5.97 Å². The highest BCUT2D eigenvalue weighted by Crippen LogP contribution is 2.26. The van der Waals surface area contributed by atoms with Crippen LogP contribution in [0.25, 0.3) is 0 Å². The Morgan fingerprint density at radius 1 is 1.38 bits per heavy atom. The van der Waals surface area contributed by atoms with Gasteiger partial charge < -0.3 is 10.1 Å². The molecule has 0 saturated carbocycles. The minimum absolute atomic E-state index is 0.148. The summed E-state index contributed by atoms with van der Waals surface area (Å²) >= 11 is 0. The number of likely N-dealkylation sites (tertiary alicyclic amines) is 1. The van der Waals surface area contributed by atoms with Gasteiger partial charge in [0.2, 0.25) is 0 Å². The van der Waals surface area contributed by atoms with Crippen molar-refractivity contribution in [3.63, 3.8) is 0 Å². The van der Waals surface area contributed by atoms with Gasteiger partial charge in [0, 0.05) is 37.0 Å². The van der Waals surface area contributed by atoms with Crippen LogP contribution in [0.4, 0.5) is 0 Å². The van der Waals surface area contributed by atoms with Gasteiger partial charge >= 0.3 is 11.7 Å². The molecule has 2 aromatic rings. The Kier molecular flexibility index (Phi) is 4.61. The second kappa shape index (κ2) is 6.83. The van der Waals surface area contributed by atoms with Gasteiger partial charge in [-0.05, 0) is 25.5 Å². The minimum atomic E-state index is -0.923. The lowest BCUT2D eigenvalue weighted by Gasteiger charge is -2.31. The third kappa shape index (κ3) is 3.99. The van der Waals surface area contributed by atoms with E-state index in [9.17, 15) is 14.4 Å². The number of carboxylic acids is 1. The highest BCUT2D eigenvalue weighted by molar-refractivity contribution is 5.66. The Morgan fingerprint density at radius 2 is 2.21 bits per heavy atom. The first kappa shape index (κ1) is 16.2. The van der Waals surface area contributed by atoms with Crippen molar-refractivity contribution in [3.8, 4) is 0 Å². The molecule has 0 aromatic carbocycles. The molecule has 3 rings (SSSR count). The Balaban J connectivity index is 1.67. The van der Waals surface area contributed by atoms with Crippen LogP contribution in [0.15, 0.2) is 27.9 Å². The number of aromatic amines is 2. The summed E-state index contributed by atoms with van der Waals surface area (Å²) < 4.78 is 1.42. The van der Waals surface area contributed by atoms with Gasteiger partial charge in [0.05, 0.1) is 5.69 Å². The number of aliphatic carboxylic acids is 1. The number of nitrogens with one attached hydrogen (secondary N) is 2. The Hall–Kier alpha value is -2.68. The predicted molar refractivity (Wildman–Crippen MR) is 84.8 cm³/mol. The Morgan fingerprint density at radius 3 is 2.96 bits per heavy atom. The van der Waals surface area contributed by atoms with Crippen molar-refractivity contribution in [1.29, 1.82) is 0 Å². The summed E-state index contributed by atoms with van der Waals surface area (Å²) in [5.74, 6) is -0.712. The number of hydrogen-bond donors (Lipinski definition) is 3. The van der Waals surface area contributed by atoms with Crippen LogP contribution in [0.2, 0.25) is 0 Å². The van der Waals surface area contributed by atoms with Gasteiger partial charge in [0.1, 0.15) is 6.54 Å². The lowest BCUT2D eigenvalue weighted by atomic mass is 9.95. The molecular formula is C15H19N5O4. The SMILES string of the molecule is O=C(O)Cn1ccc([C@@H]2CCCN(Cc3cc(=O)[nH]c(=O)[nH]3)C2)n1. The van der Waals surface area contributed by atoms with E-state index in [-0.39, 0.29) is 12.5 Å². The van der Waals surface area contributed by atoms with E-state index in [4.69, 9.17) is 5.11 Å². The van der Waals surface area contributed by atoms with Crippen molar-refractivity contribution in [1.82, 2.24) is 24.6 Å². The second-order valence-corrected chi connectivity index (χ2v) is 6.02. The van der Waals surface area contributed by atoms with E-state index in [1.54, 1.807) is 6.20 Å². The van der Waals surface area contributed by atoms with Gasteiger partial charge in [-0.25, -0.2) is 4.79 Å². The number of carboxylic acid groups (broad SMARTS) is 1. The Labute approximate surface area is 136 Å². The van der Waals surface area contributed by atoms with Gasteiger partial charge in [-0.2, -0.15) is 5.10 Å². The molecule has 24 heavy (non-hydrogen) atoms. The zero-order valence-electron chi connectivity index (χ0n) is 13.1. The fourth-order valence-corrected chi connectivity index (χ4v) is 3.11. The third-order valence-electron chi connectivity index (χ3n) is 4.09. The molecule has 1 saturated heterocycles. The molecule has 0 unspecified atom stereocenters. The molecule has 0 bridgehead atoms. The number of nitrogens with zero attached hydrogens (tertiary/aromatic N) is 3. The van der Waals surface area contributed by atoms with Gasteiger partial charge in [-0.15, -0.1) is 0 Å². The maximum atomic E-state index is 11.4. The number of aromatic nitrogens is 4. The summed E-state index contributed by atoms with van der Waals surface area (Å²) in [6, 6.07) is 3.25. The number of hydrogen-bond acceptors (Lipinski definition) is 5.